The summed E-state index contributed by atoms with van der Waals surface area (Å²) in [5, 5.41) is 19.2. The molecule has 0 aromatic heterocycles. The van der Waals surface area contributed by atoms with Crippen LogP contribution in [0, 0.1) is 5.92 Å². The monoisotopic (exact) mass is 292 g/mol. The Bertz CT molecular complexity index is 478. The van der Waals surface area contributed by atoms with Gasteiger partial charge in [0.05, 0.1) is 5.92 Å². The van der Waals surface area contributed by atoms with Gasteiger partial charge in [0.1, 0.15) is 5.75 Å². The van der Waals surface area contributed by atoms with Gasteiger partial charge in [-0.15, -0.1) is 0 Å². The summed E-state index contributed by atoms with van der Waals surface area (Å²) < 4.78 is 0. The lowest BCUT2D eigenvalue weighted by molar-refractivity contribution is -0.141. The van der Waals surface area contributed by atoms with Gasteiger partial charge in [-0.25, -0.2) is 0 Å². The molecule has 0 saturated heterocycles. The van der Waals surface area contributed by atoms with Crippen LogP contribution in [0.2, 0.25) is 0 Å². The largest absolute Gasteiger partial charge is 0.507 e. The first-order valence-corrected chi connectivity index (χ1v) is 7.81. The minimum absolute atomic E-state index is 0.0920. The first kappa shape index (κ1) is 17.5. The first-order chi connectivity index (χ1) is 9.72. The van der Waals surface area contributed by atoms with E-state index in [1.807, 2.05) is 13.8 Å². The Morgan fingerprint density at radius 1 is 1.19 bits per heavy atom. The standard InChI is InChI=1S/C18H28O3/c1-6-13-10-15(11-14(7-2)16(13)19)18(4,5)9-8-12(3)17(20)21/h10-12,19H,6-9H2,1-5H3,(H,20,21). The molecule has 0 aliphatic carbocycles. The number of phenolic OH excluding ortho intramolecular Hbond substituents is 1. The van der Waals surface area contributed by atoms with E-state index in [0.717, 1.165) is 30.4 Å². The van der Waals surface area contributed by atoms with Gasteiger partial charge in [-0.3, -0.25) is 4.79 Å². The lowest BCUT2D eigenvalue weighted by Gasteiger charge is -2.28. The van der Waals surface area contributed by atoms with E-state index in [4.69, 9.17) is 5.11 Å². The molecule has 2 N–H and O–H groups in total. The Balaban J connectivity index is 3.04. The fourth-order valence-corrected chi connectivity index (χ4v) is 2.53. The number of rotatable bonds is 7. The van der Waals surface area contributed by atoms with E-state index >= 15 is 0 Å². The van der Waals surface area contributed by atoms with Crippen molar-refractivity contribution < 1.29 is 15.0 Å². The van der Waals surface area contributed by atoms with E-state index in [-0.39, 0.29) is 11.3 Å². The molecule has 1 aromatic rings. The molecule has 1 aromatic carbocycles. The molecule has 0 spiro atoms. The highest BCUT2D eigenvalue weighted by Gasteiger charge is 2.25. The van der Waals surface area contributed by atoms with Gasteiger partial charge in [0.2, 0.25) is 0 Å². The molecule has 0 fully saturated rings. The molecule has 0 aliphatic heterocycles. The Labute approximate surface area is 128 Å². The number of carbonyl (C=O) groups is 1. The number of benzene rings is 1. The van der Waals surface area contributed by atoms with E-state index in [2.05, 4.69) is 26.0 Å². The van der Waals surface area contributed by atoms with Crippen LogP contribution in [-0.4, -0.2) is 16.2 Å². The van der Waals surface area contributed by atoms with Crippen LogP contribution < -0.4 is 0 Å². The second-order valence-electron chi connectivity index (χ2n) is 6.51. The summed E-state index contributed by atoms with van der Waals surface area (Å²) in [5.41, 5.74) is 3.05. The van der Waals surface area contributed by atoms with Gasteiger partial charge in [-0.1, -0.05) is 46.8 Å². The third-order valence-electron chi connectivity index (χ3n) is 4.43. The smallest absolute Gasteiger partial charge is 0.306 e. The Kier molecular flexibility index (Phi) is 5.82. The van der Waals surface area contributed by atoms with Crippen LogP contribution in [0.4, 0.5) is 0 Å². The predicted molar refractivity (Wildman–Crippen MR) is 85.9 cm³/mol. The maximum atomic E-state index is 11.0. The molecular weight excluding hydrogens is 264 g/mol. The SMILES string of the molecule is CCc1cc(C(C)(C)CCC(C)C(=O)O)cc(CC)c1O. The van der Waals surface area contributed by atoms with E-state index in [9.17, 15) is 9.90 Å². The van der Waals surface area contributed by atoms with Crippen molar-refractivity contribution in [3.63, 3.8) is 0 Å². The zero-order valence-electron chi connectivity index (χ0n) is 13.9. The predicted octanol–water partition coefficient (Wildman–Crippen LogP) is 4.30. The summed E-state index contributed by atoms with van der Waals surface area (Å²) in [5.74, 6) is -0.642. The van der Waals surface area contributed by atoms with Crippen molar-refractivity contribution in [3.8, 4) is 5.75 Å². The van der Waals surface area contributed by atoms with Crippen LogP contribution >= 0.6 is 0 Å². The van der Waals surface area contributed by atoms with Crippen LogP contribution in [0.15, 0.2) is 12.1 Å². The van der Waals surface area contributed by atoms with Crippen molar-refractivity contribution in [2.24, 2.45) is 5.92 Å². The molecule has 118 valence electrons. The van der Waals surface area contributed by atoms with Crippen molar-refractivity contribution in [1.29, 1.82) is 0 Å². The number of aromatic hydroxyl groups is 1. The molecule has 0 heterocycles. The molecule has 3 heteroatoms. The van der Waals surface area contributed by atoms with E-state index < -0.39 is 5.97 Å². The van der Waals surface area contributed by atoms with Crippen LogP contribution in [0.5, 0.6) is 5.75 Å². The second kappa shape index (κ2) is 6.97. The number of aryl methyl sites for hydroxylation is 2. The molecule has 1 unspecified atom stereocenters. The molecular formula is C18H28O3. The van der Waals surface area contributed by atoms with Crippen LogP contribution in [0.3, 0.4) is 0 Å². The number of aliphatic carboxylic acids is 1. The van der Waals surface area contributed by atoms with Gasteiger partial charge in [0, 0.05) is 0 Å². The van der Waals surface area contributed by atoms with Crippen molar-refractivity contribution in [2.45, 2.75) is 65.7 Å². The molecule has 0 radical (unpaired) electrons. The average Bonchev–Trinajstić information content (AvgIpc) is 2.44. The Hall–Kier alpha value is -1.51. The summed E-state index contributed by atoms with van der Waals surface area (Å²) in [7, 11) is 0. The fraction of sp³-hybridized carbons (Fsp3) is 0.611. The summed E-state index contributed by atoms with van der Waals surface area (Å²) in [6.45, 7) is 10.1. The van der Waals surface area contributed by atoms with E-state index in [0.29, 0.717) is 12.2 Å². The van der Waals surface area contributed by atoms with Crippen molar-refractivity contribution >= 4 is 5.97 Å². The quantitative estimate of drug-likeness (QED) is 0.788. The van der Waals surface area contributed by atoms with Crippen LogP contribution in [0.25, 0.3) is 0 Å². The van der Waals surface area contributed by atoms with Crippen LogP contribution in [-0.2, 0) is 23.1 Å². The maximum absolute atomic E-state index is 11.0. The third-order valence-corrected chi connectivity index (χ3v) is 4.43. The Morgan fingerprint density at radius 3 is 2.05 bits per heavy atom. The number of phenols is 1. The minimum Gasteiger partial charge on any atom is -0.507 e. The molecule has 0 aliphatic rings. The molecule has 0 amide bonds. The highest BCUT2D eigenvalue weighted by atomic mass is 16.4. The van der Waals surface area contributed by atoms with Crippen molar-refractivity contribution in [1.82, 2.24) is 0 Å². The van der Waals surface area contributed by atoms with Gasteiger partial charge in [0.25, 0.3) is 0 Å². The topological polar surface area (TPSA) is 57.5 Å². The highest BCUT2D eigenvalue weighted by molar-refractivity contribution is 5.69. The van der Waals surface area contributed by atoms with Gasteiger partial charge in [-0.05, 0) is 47.8 Å². The van der Waals surface area contributed by atoms with Crippen LogP contribution in [0.1, 0.15) is 64.2 Å². The third kappa shape index (κ3) is 4.23. The molecule has 3 nitrogen and oxygen atoms in total. The number of hydrogen-bond acceptors (Lipinski definition) is 2. The zero-order chi connectivity index (χ0) is 16.2. The molecule has 0 saturated carbocycles. The zero-order valence-corrected chi connectivity index (χ0v) is 13.9. The number of carboxylic acids is 1. The average molecular weight is 292 g/mol. The van der Waals surface area contributed by atoms with Crippen molar-refractivity contribution in [2.75, 3.05) is 0 Å². The summed E-state index contributed by atoms with van der Waals surface area (Å²) >= 11 is 0. The first-order valence-electron chi connectivity index (χ1n) is 7.81. The second-order valence-corrected chi connectivity index (χ2v) is 6.51. The summed E-state index contributed by atoms with van der Waals surface area (Å²) in [4.78, 5) is 11.0. The normalized spacial score (nSPS) is 13.2. The summed E-state index contributed by atoms with van der Waals surface area (Å²) in [6, 6.07) is 4.14. The van der Waals surface area contributed by atoms with Gasteiger partial charge in [-0.2, -0.15) is 0 Å². The fourth-order valence-electron chi connectivity index (χ4n) is 2.53. The lowest BCUT2D eigenvalue weighted by atomic mass is 9.77. The van der Waals surface area contributed by atoms with Gasteiger partial charge >= 0.3 is 5.97 Å². The van der Waals surface area contributed by atoms with E-state index in [1.165, 1.54) is 5.56 Å². The molecule has 21 heavy (non-hydrogen) atoms. The molecule has 1 rings (SSSR count). The molecule has 0 bridgehead atoms. The lowest BCUT2D eigenvalue weighted by Crippen LogP contribution is -2.21. The summed E-state index contributed by atoms with van der Waals surface area (Å²) in [6.07, 6.45) is 3.08. The minimum atomic E-state index is -0.736. The van der Waals surface area contributed by atoms with Gasteiger partial charge in [0.15, 0.2) is 0 Å². The number of hydrogen-bond donors (Lipinski definition) is 2. The van der Waals surface area contributed by atoms with E-state index in [1.54, 1.807) is 6.92 Å². The highest BCUT2D eigenvalue weighted by Crippen LogP contribution is 2.35. The maximum Gasteiger partial charge on any atom is 0.306 e. The molecule has 1 atom stereocenters. The van der Waals surface area contributed by atoms with Crippen molar-refractivity contribution in [3.05, 3.63) is 28.8 Å². The number of carboxylic acid groups (broad SMARTS) is 1. The Morgan fingerprint density at radius 2 is 1.67 bits per heavy atom. The van der Waals surface area contributed by atoms with Gasteiger partial charge < -0.3 is 10.2 Å².